The Morgan fingerprint density at radius 3 is 2.53 bits per heavy atom. The fraction of sp³-hybridized carbons (Fsp3) is 0.214. The molecule has 1 N–H and O–H groups in total. The topological polar surface area (TPSA) is 33.1 Å². The Kier molecular flexibility index (Phi) is 3.20. The molecular formula is C14H14FNO. The number of nitrogens with zero attached hydrogens (tertiary/aromatic N) is 1. The molecule has 0 spiro atoms. The zero-order valence-corrected chi connectivity index (χ0v) is 9.81. The molecule has 1 unspecified atom stereocenters. The van der Waals surface area contributed by atoms with Crippen LogP contribution in [0.5, 0.6) is 0 Å². The number of aryl methyl sites for hydroxylation is 2. The summed E-state index contributed by atoms with van der Waals surface area (Å²) in [7, 11) is 0. The van der Waals surface area contributed by atoms with E-state index in [0.29, 0.717) is 11.3 Å². The van der Waals surface area contributed by atoms with Crippen molar-refractivity contribution in [2.75, 3.05) is 0 Å². The maximum absolute atomic E-state index is 13.0. The Balaban J connectivity index is 2.36. The molecule has 2 aromatic rings. The Labute approximate surface area is 99.8 Å². The van der Waals surface area contributed by atoms with Crippen molar-refractivity contribution in [3.05, 3.63) is 64.7 Å². The minimum atomic E-state index is -0.809. The standard InChI is InChI=1S/C14H14FNO/c1-9-3-6-13(16-8-9)14(17)12-5-4-11(15)7-10(12)2/h3-8,14,17H,1-2H3. The number of aromatic nitrogens is 1. The van der Waals surface area contributed by atoms with Crippen LogP contribution in [0.25, 0.3) is 0 Å². The molecule has 0 radical (unpaired) electrons. The highest BCUT2D eigenvalue weighted by atomic mass is 19.1. The number of aliphatic hydroxyl groups is 1. The number of pyridine rings is 1. The summed E-state index contributed by atoms with van der Waals surface area (Å²) in [5.74, 6) is -0.296. The summed E-state index contributed by atoms with van der Waals surface area (Å²) in [4.78, 5) is 4.17. The number of halogens is 1. The average Bonchev–Trinajstić information content (AvgIpc) is 2.29. The molecule has 1 heterocycles. The van der Waals surface area contributed by atoms with E-state index in [4.69, 9.17) is 0 Å². The van der Waals surface area contributed by atoms with Gasteiger partial charge in [0.05, 0.1) is 5.69 Å². The van der Waals surface area contributed by atoms with Crippen LogP contribution in [0.3, 0.4) is 0 Å². The molecule has 0 fully saturated rings. The fourth-order valence-corrected chi connectivity index (χ4v) is 1.75. The molecule has 3 heteroatoms. The van der Waals surface area contributed by atoms with Crippen molar-refractivity contribution in [2.45, 2.75) is 20.0 Å². The van der Waals surface area contributed by atoms with Crippen LogP contribution in [0.2, 0.25) is 0 Å². The fourth-order valence-electron chi connectivity index (χ4n) is 1.75. The molecule has 2 rings (SSSR count). The summed E-state index contributed by atoms with van der Waals surface area (Å²) in [6, 6.07) is 8.02. The van der Waals surface area contributed by atoms with E-state index in [2.05, 4.69) is 4.98 Å². The second kappa shape index (κ2) is 4.63. The van der Waals surface area contributed by atoms with Gasteiger partial charge in [0.1, 0.15) is 11.9 Å². The van der Waals surface area contributed by atoms with E-state index in [9.17, 15) is 9.50 Å². The SMILES string of the molecule is Cc1ccc(C(O)c2ccc(F)cc2C)nc1. The third kappa shape index (κ3) is 2.50. The Morgan fingerprint density at radius 2 is 1.94 bits per heavy atom. The van der Waals surface area contributed by atoms with E-state index in [1.54, 1.807) is 25.3 Å². The average molecular weight is 231 g/mol. The quantitative estimate of drug-likeness (QED) is 0.862. The minimum Gasteiger partial charge on any atom is -0.382 e. The molecule has 17 heavy (non-hydrogen) atoms. The van der Waals surface area contributed by atoms with Crippen molar-refractivity contribution in [3.63, 3.8) is 0 Å². The van der Waals surface area contributed by atoms with E-state index in [-0.39, 0.29) is 5.82 Å². The zero-order valence-electron chi connectivity index (χ0n) is 9.81. The molecule has 0 aliphatic rings. The number of rotatable bonds is 2. The summed E-state index contributed by atoms with van der Waals surface area (Å²) >= 11 is 0. The first kappa shape index (κ1) is 11.7. The van der Waals surface area contributed by atoms with Gasteiger partial charge in [-0.3, -0.25) is 4.98 Å². The first-order chi connectivity index (χ1) is 8.08. The van der Waals surface area contributed by atoms with Gasteiger partial charge >= 0.3 is 0 Å². The lowest BCUT2D eigenvalue weighted by Crippen LogP contribution is -2.04. The first-order valence-corrected chi connectivity index (χ1v) is 5.44. The lowest BCUT2D eigenvalue weighted by molar-refractivity contribution is 0.214. The minimum absolute atomic E-state index is 0.296. The Bertz CT molecular complexity index is 522. The molecule has 2 nitrogen and oxygen atoms in total. The lowest BCUT2D eigenvalue weighted by Gasteiger charge is -2.13. The Hall–Kier alpha value is -1.74. The van der Waals surface area contributed by atoms with Crippen LogP contribution < -0.4 is 0 Å². The summed E-state index contributed by atoms with van der Waals surface area (Å²) in [6.45, 7) is 3.71. The summed E-state index contributed by atoms with van der Waals surface area (Å²) in [5.41, 5.74) is 3.02. The monoisotopic (exact) mass is 231 g/mol. The third-order valence-electron chi connectivity index (χ3n) is 2.74. The van der Waals surface area contributed by atoms with Crippen molar-refractivity contribution in [3.8, 4) is 0 Å². The molecule has 1 aromatic carbocycles. The van der Waals surface area contributed by atoms with Gasteiger partial charge < -0.3 is 5.11 Å². The smallest absolute Gasteiger partial charge is 0.123 e. The second-order valence-corrected chi connectivity index (χ2v) is 4.16. The zero-order chi connectivity index (χ0) is 12.4. The van der Waals surface area contributed by atoms with E-state index < -0.39 is 6.10 Å². The van der Waals surface area contributed by atoms with Crippen LogP contribution in [0.1, 0.15) is 28.5 Å². The van der Waals surface area contributed by atoms with Crippen molar-refractivity contribution >= 4 is 0 Å². The highest BCUT2D eigenvalue weighted by Crippen LogP contribution is 2.23. The van der Waals surface area contributed by atoms with Gasteiger partial charge in [-0.15, -0.1) is 0 Å². The molecule has 0 aliphatic heterocycles. The predicted molar refractivity (Wildman–Crippen MR) is 64.2 cm³/mol. The molecule has 88 valence electrons. The van der Waals surface area contributed by atoms with Crippen LogP contribution in [-0.4, -0.2) is 10.1 Å². The maximum atomic E-state index is 13.0. The second-order valence-electron chi connectivity index (χ2n) is 4.16. The largest absolute Gasteiger partial charge is 0.382 e. The summed E-state index contributed by atoms with van der Waals surface area (Å²) in [5, 5.41) is 10.2. The van der Waals surface area contributed by atoms with Gasteiger partial charge in [-0.25, -0.2) is 4.39 Å². The lowest BCUT2D eigenvalue weighted by atomic mass is 10.0. The first-order valence-electron chi connectivity index (χ1n) is 5.44. The Morgan fingerprint density at radius 1 is 1.18 bits per heavy atom. The molecule has 0 amide bonds. The summed E-state index contributed by atoms with van der Waals surface area (Å²) in [6.07, 6.45) is 0.897. The van der Waals surface area contributed by atoms with E-state index in [1.807, 2.05) is 13.0 Å². The number of hydrogen-bond donors (Lipinski definition) is 1. The van der Waals surface area contributed by atoms with E-state index in [0.717, 1.165) is 11.1 Å². The number of aliphatic hydroxyl groups excluding tert-OH is 1. The van der Waals surface area contributed by atoms with Crippen molar-refractivity contribution in [1.29, 1.82) is 0 Å². The highest BCUT2D eigenvalue weighted by molar-refractivity contribution is 5.33. The molecular weight excluding hydrogens is 217 g/mol. The van der Waals surface area contributed by atoms with Gasteiger partial charge in [0.15, 0.2) is 0 Å². The molecule has 1 atom stereocenters. The van der Waals surface area contributed by atoms with Crippen molar-refractivity contribution in [1.82, 2.24) is 4.98 Å². The summed E-state index contributed by atoms with van der Waals surface area (Å²) < 4.78 is 13.0. The van der Waals surface area contributed by atoms with Crippen LogP contribution in [0.15, 0.2) is 36.5 Å². The van der Waals surface area contributed by atoms with Gasteiger partial charge in [0.25, 0.3) is 0 Å². The van der Waals surface area contributed by atoms with Crippen LogP contribution >= 0.6 is 0 Å². The molecule has 0 aliphatic carbocycles. The molecule has 0 bridgehead atoms. The van der Waals surface area contributed by atoms with Crippen LogP contribution in [0.4, 0.5) is 4.39 Å². The third-order valence-corrected chi connectivity index (χ3v) is 2.74. The van der Waals surface area contributed by atoms with Crippen LogP contribution in [-0.2, 0) is 0 Å². The van der Waals surface area contributed by atoms with Gasteiger partial charge in [0.2, 0.25) is 0 Å². The molecule has 1 aromatic heterocycles. The predicted octanol–water partition coefficient (Wildman–Crippen LogP) is 2.92. The van der Waals surface area contributed by atoms with E-state index in [1.165, 1.54) is 12.1 Å². The normalized spacial score (nSPS) is 12.5. The van der Waals surface area contributed by atoms with Crippen molar-refractivity contribution in [2.24, 2.45) is 0 Å². The van der Waals surface area contributed by atoms with Crippen LogP contribution in [0, 0.1) is 19.7 Å². The molecule has 0 saturated carbocycles. The van der Waals surface area contributed by atoms with E-state index >= 15 is 0 Å². The highest BCUT2D eigenvalue weighted by Gasteiger charge is 2.14. The number of benzene rings is 1. The van der Waals surface area contributed by atoms with Gasteiger partial charge in [0, 0.05) is 6.20 Å². The maximum Gasteiger partial charge on any atom is 0.123 e. The van der Waals surface area contributed by atoms with Gasteiger partial charge in [-0.1, -0.05) is 12.1 Å². The number of hydrogen-bond acceptors (Lipinski definition) is 2. The van der Waals surface area contributed by atoms with Gasteiger partial charge in [-0.05, 0) is 48.7 Å². The van der Waals surface area contributed by atoms with Crippen molar-refractivity contribution < 1.29 is 9.50 Å². The van der Waals surface area contributed by atoms with Gasteiger partial charge in [-0.2, -0.15) is 0 Å². The molecule has 0 saturated heterocycles.